The predicted octanol–water partition coefficient (Wildman–Crippen LogP) is 2.29. The molecule has 4 rings (SSSR count). The minimum atomic E-state index is 0.109. The van der Waals surface area contributed by atoms with Gasteiger partial charge in [0, 0.05) is 19.1 Å². The molecule has 4 fully saturated rings. The Hall–Kier alpha value is -0.0800. The molecule has 0 aromatic heterocycles. The Bertz CT molecular complexity index is 208. The molecule has 80 valence electrons. The molecule has 0 heterocycles. The highest BCUT2D eigenvalue weighted by atomic mass is 16.7. The first-order valence-electron chi connectivity index (χ1n) is 6.10. The lowest BCUT2D eigenvalue weighted by atomic mass is 9.97. The van der Waals surface area contributed by atoms with Crippen molar-refractivity contribution < 1.29 is 9.47 Å². The van der Waals surface area contributed by atoms with Gasteiger partial charge in [-0.1, -0.05) is 0 Å². The molecule has 3 atom stereocenters. The Morgan fingerprint density at radius 1 is 1.07 bits per heavy atom. The average molecular weight is 196 g/mol. The van der Waals surface area contributed by atoms with Gasteiger partial charge in [0.2, 0.25) is 0 Å². The minimum Gasteiger partial charge on any atom is -0.353 e. The summed E-state index contributed by atoms with van der Waals surface area (Å²) in [5.41, 5.74) is 0. The molecular weight excluding hydrogens is 176 g/mol. The molecule has 4 aliphatic carbocycles. The van der Waals surface area contributed by atoms with E-state index in [4.69, 9.17) is 9.47 Å². The monoisotopic (exact) mass is 196 g/mol. The SMILES string of the molecule is CCOC(OCC)C1C2CC3C(C2)C31. The first-order valence-corrected chi connectivity index (χ1v) is 6.10. The van der Waals surface area contributed by atoms with Crippen molar-refractivity contribution in [3.63, 3.8) is 0 Å². The summed E-state index contributed by atoms with van der Waals surface area (Å²) >= 11 is 0. The Kier molecular flexibility index (Phi) is 2.10. The summed E-state index contributed by atoms with van der Waals surface area (Å²) in [6.07, 6.45) is 3.05. The molecular formula is C12H20O2. The molecule has 0 aliphatic heterocycles. The van der Waals surface area contributed by atoms with Crippen molar-refractivity contribution in [3.05, 3.63) is 0 Å². The second kappa shape index (κ2) is 3.21. The largest absolute Gasteiger partial charge is 0.353 e. The summed E-state index contributed by atoms with van der Waals surface area (Å²) in [5.74, 6) is 4.77. The van der Waals surface area contributed by atoms with E-state index in [9.17, 15) is 0 Å². The smallest absolute Gasteiger partial charge is 0.160 e. The fourth-order valence-corrected chi connectivity index (χ4v) is 4.14. The highest BCUT2D eigenvalue weighted by Gasteiger charge is 2.70. The van der Waals surface area contributed by atoms with Crippen molar-refractivity contribution in [1.82, 2.24) is 0 Å². The summed E-state index contributed by atoms with van der Waals surface area (Å²) in [4.78, 5) is 0. The minimum absolute atomic E-state index is 0.109. The van der Waals surface area contributed by atoms with Crippen LogP contribution >= 0.6 is 0 Å². The zero-order valence-electron chi connectivity index (χ0n) is 9.11. The lowest BCUT2D eigenvalue weighted by Gasteiger charge is -2.26. The van der Waals surface area contributed by atoms with Crippen LogP contribution in [0.4, 0.5) is 0 Å². The zero-order valence-corrected chi connectivity index (χ0v) is 9.11. The van der Waals surface area contributed by atoms with Crippen LogP contribution in [-0.4, -0.2) is 19.5 Å². The maximum atomic E-state index is 5.74. The zero-order chi connectivity index (χ0) is 9.71. The van der Waals surface area contributed by atoms with E-state index < -0.39 is 0 Å². The number of ether oxygens (including phenoxy) is 2. The van der Waals surface area contributed by atoms with E-state index in [1.807, 2.05) is 0 Å². The third-order valence-electron chi connectivity index (χ3n) is 4.51. The summed E-state index contributed by atoms with van der Waals surface area (Å²) in [7, 11) is 0. The number of rotatable bonds is 5. The lowest BCUT2D eigenvalue weighted by molar-refractivity contribution is -0.174. The van der Waals surface area contributed by atoms with Crippen LogP contribution in [0.5, 0.6) is 0 Å². The first-order chi connectivity index (χ1) is 6.86. The van der Waals surface area contributed by atoms with E-state index >= 15 is 0 Å². The molecule has 0 aromatic carbocycles. The maximum absolute atomic E-state index is 5.74. The van der Waals surface area contributed by atoms with E-state index in [1.54, 1.807) is 0 Å². The second-order valence-electron chi connectivity index (χ2n) is 4.99. The molecule has 4 aliphatic rings. The lowest BCUT2D eigenvalue weighted by Crippen LogP contribution is -2.29. The fourth-order valence-electron chi connectivity index (χ4n) is 4.14. The number of hydrogen-bond donors (Lipinski definition) is 0. The Morgan fingerprint density at radius 2 is 1.64 bits per heavy atom. The highest BCUT2D eigenvalue weighted by molar-refractivity contribution is 5.16. The topological polar surface area (TPSA) is 18.5 Å². The number of hydrogen-bond acceptors (Lipinski definition) is 2. The van der Waals surface area contributed by atoms with E-state index in [0.717, 1.165) is 42.8 Å². The summed E-state index contributed by atoms with van der Waals surface area (Å²) in [6.45, 7) is 5.71. The van der Waals surface area contributed by atoms with Crippen molar-refractivity contribution in [2.24, 2.45) is 29.6 Å². The molecule has 4 saturated carbocycles. The summed E-state index contributed by atoms with van der Waals surface area (Å²) < 4.78 is 11.5. The van der Waals surface area contributed by atoms with Crippen LogP contribution in [0.3, 0.4) is 0 Å². The molecule has 0 saturated heterocycles. The van der Waals surface area contributed by atoms with Crippen LogP contribution in [0.2, 0.25) is 0 Å². The quantitative estimate of drug-likeness (QED) is 0.628. The molecule has 0 aromatic rings. The van der Waals surface area contributed by atoms with E-state index in [-0.39, 0.29) is 6.29 Å². The van der Waals surface area contributed by atoms with Gasteiger partial charge >= 0.3 is 0 Å². The van der Waals surface area contributed by atoms with E-state index in [1.165, 1.54) is 12.8 Å². The van der Waals surface area contributed by atoms with Gasteiger partial charge < -0.3 is 9.47 Å². The maximum Gasteiger partial charge on any atom is 0.160 e. The van der Waals surface area contributed by atoms with E-state index in [2.05, 4.69) is 13.8 Å². The van der Waals surface area contributed by atoms with Gasteiger partial charge in [0.1, 0.15) is 0 Å². The van der Waals surface area contributed by atoms with Crippen LogP contribution in [0.1, 0.15) is 26.7 Å². The Labute approximate surface area is 86.0 Å². The van der Waals surface area contributed by atoms with Crippen LogP contribution in [0.15, 0.2) is 0 Å². The normalized spacial score (nSPS) is 47.8. The predicted molar refractivity (Wildman–Crippen MR) is 53.7 cm³/mol. The summed E-state index contributed by atoms with van der Waals surface area (Å²) in [5, 5.41) is 0. The van der Waals surface area contributed by atoms with Crippen molar-refractivity contribution >= 4 is 0 Å². The molecule has 0 N–H and O–H groups in total. The molecule has 14 heavy (non-hydrogen) atoms. The van der Waals surface area contributed by atoms with E-state index in [0.29, 0.717) is 0 Å². The van der Waals surface area contributed by atoms with Crippen LogP contribution < -0.4 is 0 Å². The fraction of sp³-hybridized carbons (Fsp3) is 1.00. The molecule has 2 nitrogen and oxygen atoms in total. The van der Waals surface area contributed by atoms with Crippen molar-refractivity contribution in [2.45, 2.75) is 33.0 Å². The van der Waals surface area contributed by atoms with Crippen LogP contribution in [0.25, 0.3) is 0 Å². The van der Waals surface area contributed by atoms with Gasteiger partial charge in [-0.05, 0) is 50.4 Å². The first kappa shape index (κ1) is 9.17. The molecule has 0 spiro atoms. The Balaban J connectivity index is 1.68. The standard InChI is InChI=1S/C12H20O2/c1-3-13-12(14-4-2)10-7-5-8-9(6-7)11(8)10/h7-12H,3-6H2,1-2H3. The Morgan fingerprint density at radius 3 is 2.00 bits per heavy atom. The highest BCUT2D eigenvalue weighted by Crippen LogP contribution is 2.74. The molecule has 4 bridgehead atoms. The molecule has 0 amide bonds. The molecule has 0 radical (unpaired) electrons. The van der Waals surface area contributed by atoms with Gasteiger partial charge in [0.25, 0.3) is 0 Å². The third-order valence-corrected chi connectivity index (χ3v) is 4.51. The van der Waals surface area contributed by atoms with Crippen molar-refractivity contribution in [2.75, 3.05) is 13.2 Å². The average Bonchev–Trinajstić information content (AvgIpc) is 2.63. The van der Waals surface area contributed by atoms with Gasteiger partial charge in [-0.25, -0.2) is 0 Å². The second-order valence-corrected chi connectivity index (χ2v) is 4.99. The van der Waals surface area contributed by atoms with Crippen molar-refractivity contribution in [1.29, 1.82) is 0 Å². The van der Waals surface area contributed by atoms with Gasteiger partial charge in [-0.2, -0.15) is 0 Å². The molecule has 3 unspecified atom stereocenters. The third kappa shape index (κ3) is 1.10. The van der Waals surface area contributed by atoms with Crippen LogP contribution in [-0.2, 0) is 9.47 Å². The van der Waals surface area contributed by atoms with Gasteiger partial charge in [0.15, 0.2) is 6.29 Å². The van der Waals surface area contributed by atoms with Crippen LogP contribution in [0, 0.1) is 29.6 Å². The van der Waals surface area contributed by atoms with Gasteiger partial charge in [0.05, 0.1) is 0 Å². The van der Waals surface area contributed by atoms with Crippen molar-refractivity contribution in [3.8, 4) is 0 Å². The molecule has 2 heteroatoms. The summed E-state index contributed by atoms with van der Waals surface area (Å²) in [6, 6.07) is 0. The van der Waals surface area contributed by atoms with Gasteiger partial charge in [-0.3, -0.25) is 0 Å². The van der Waals surface area contributed by atoms with Gasteiger partial charge in [-0.15, -0.1) is 0 Å².